The minimum atomic E-state index is -3.50. The van der Waals surface area contributed by atoms with Gasteiger partial charge in [0.05, 0.1) is 24.0 Å². The van der Waals surface area contributed by atoms with E-state index in [1.54, 1.807) is 36.4 Å². The molecule has 0 unspecified atom stereocenters. The Bertz CT molecular complexity index is 1080. The van der Waals surface area contributed by atoms with E-state index in [1.807, 2.05) is 6.07 Å². The first-order valence-electron chi connectivity index (χ1n) is 9.96. The number of ether oxygens (including phenoxy) is 2. The molecule has 0 spiro atoms. The van der Waals surface area contributed by atoms with E-state index in [9.17, 15) is 22.8 Å². The van der Waals surface area contributed by atoms with E-state index in [0.717, 1.165) is 0 Å². The minimum absolute atomic E-state index is 0.00368. The number of hydrogen-bond acceptors (Lipinski definition) is 7. The first-order chi connectivity index (χ1) is 15.3. The maximum atomic E-state index is 12.6. The summed E-state index contributed by atoms with van der Waals surface area (Å²) in [6.07, 6.45) is 0. The maximum Gasteiger partial charge on any atom is 0.339 e. The van der Waals surface area contributed by atoms with Gasteiger partial charge in [-0.05, 0) is 17.7 Å². The summed E-state index contributed by atoms with van der Waals surface area (Å²) in [5.74, 6) is -2.03. The van der Waals surface area contributed by atoms with Crippen molar-refractivity contribution in [2.24, 2.45) is 0 Å². The Hall–Kier alpha value is -3.24. The molecule has 2 aromatic carbocycles. The maximum absolute atomic E-state index is 12.6. The van der Waals surface area contributed by atoms with Gasteiger partial charge >= 0.3 is 11.9 Å². The van der Waals surface area contributed by atoms with Gasteiger partial charge in [0.25, 0.3) is 5.91 Å². The summed E-state index contributed by atoms with van der Waals surface area (Å²) >= 11 is 0. The highest BCUT2D eigenvalue weighted by molar-refractivity contribution is 7.88. The van der Waals surface area contributed by atoms with Crippen molar-refractivity contribution in [1.29, 1.82) is 0 Å². The average Bonchev–Trinajstić information content (AvgIpc) is 2.82. The van der Waals surface area contributed by atoms with E-state index in [2.05, 4.69) is 4.74 Å². The number of nitrogens with zero attached hydrogens (tertiary/aromatic N) is 2. The summed E-state index contributed by atoms with van der Waals surface area (Å²) in [6.45, 7) is 0.220. The number of piperazine rings is 1. The molecule has 1 heterocycles. The van der Waals surface area contributed by atoms with Gasteiger partial charge in [0.2, 0.25) is 10.0 Å². The van der Waals surface area contributed by atoms with Crippen LogP contribution < -0.4 is 0 Å². The zero-order valence-corrected chi connectivity index (χ0v) is 18.4. The second kappa shape index (κ2) is 10.4. The molecule has 0 bridgehead atoms. The largest absolute Gasteiger partial charge is 0.465 e. The number of benzene rings is 2. The van der Waals surface area contributed by atoms with Crippen LogP contribution in [0.2, 0.25) is 0 Å². The Morgan fingerprint density at radius 2 is 1.41 bits per heavy atom. The number of carbonyl (C=O) groups is 3. The van der Waals surface area contributed by atoms with Gasteiger partial charge in [0, 0.05) is 26.2 Å². The van der Waals surface area contributed by atoms with Gasteiger partial charge in [-0.15, -0.1) is 0 Å². The van der Waals surface area contributed by atoms with Crippen LogP contribution in [0, 0.1) is 0 Å². The van der Waals surface area contributed by atoms with Crippen LogP contribution in [-0.2, 0) is 30.0 Å². The van der Waals surface area contributed by atoms with E-state index in [-0.39, 0.29) is 43.1 Å². The molecule has 0 N–H and O–H groups in total. The van der Waals surface area contributed by atoms with E-state index in [0.29, 0.717) is 5.56 Å². The highest BCUT2D eigenvalue weighted by Crippen LogP contribution is 2.15. The standard InChI is InChI=1S/C22H24N2O7S/c1-30-21(26)18-9-5-6-10-19(18)22(27)31-15-20(25)23-11-13-24(14-12-23)32(28,29)16-17-7-3-2-4-8-17/h2-10H,11-16H2,1H3. The molecule has 1 fully saturated rings. The molecule has 0 atom stereocenters. The van der Waals surface area contributed by atoms with Gasteiger partial charge in [-0.3, -0.25) is 4.79 Å². The van der Waals surface area contributed by atoms with Crippen LogP contribution in [0.4, 0.5) is 0 Å². The fourth-order valence-electron chi connectivity index (χ4n) is 3.34. The van der Waals surface area contributed by atoms with Gasteiger partial charge < -0.3 is 14.4 Å². The van der Waals surface area contributed by atoms with Crippen LogP contribution in [0.3, 0.4) is 0 Å². The molecular formula is C22H24N2O7S. The molecule has 0 aliphatic carbocycles. The highest BCUT2D eigenvalue weighted by Gasteiger charge is 2.29. The second-order valence-corrected chi connectivity index (χ2v) is 9.10. The third kappa shape index (κ3) is 5.71. The summed E-state index contributed by atoms with van der Waals surface area (Å²) in [5, 5.41) is 0. The first kappa shape index (κ1) is 23.4. The number of methoxy groups -OCH3 is 1. The second-order valence-electron chi connectivity index (χ2n) is 7.13. The Morgan fingerprint density at radius 3 is 2.00 bits per heavy atom. The van der Waals surface area contributed by atoms with Crippen LogP contribution in [0.5, 0.6) is 0 Å². The Balaban J connectivity index is 1.52. The van der Waals surface area contributed by atoms with Crippen molar-refractivity contribution in [1.82, 2.24) is 9.21 Å². The van der Waals surface area contributed by atoms with Crippen molar-refractivity contribution in [3.8, 4) is 0 Å². The summed E-state index contributed by atoms with van der Waals surface area (Å²) in [7, 11) is -2.29. The zero-order chi connectivity index (χ0) is 23.1. The number of sulfonamides is 1. The predicted octanol–water partition coefficient (Wildman–Crippen LogP) is 1.30. The van der Waals surface area contributed by atoms with Crippen molar-refractivity contribution in [2.75, 3.05) is 39.9 Å². The van der Waals surface area contributed by atoms with Crippen LogP contribution in [0.15, 0.2) is 54.6 Å². The number of amides is 1. The molecule has 32 heavy (non-hydrogen) atoms. The van der Waals surface area contributed by atoms with E-state index >= 15 is 0 Å². The monoisotopic (exact) mass is 460 g/mol. The van der Waals surface area contributed by atoms with Crippen LogP contribution in [0.1, 0.15) is 26.3 Å². The van der Waals surface area contributed by atoms with Crippen molar-refractivity contribution in [3.05, 3.63) is 71.3 Å². The van der Waals surface area contributed by atoms with E-state index < -0.39 is 34.5 Å². The zero-order valence-electron chi connectivity index (χ0n) is 17.6. The van der Waals surface area contributed by atoms with Crippen molar-refractivity contribution < 1.29 is 32.3 Å². The third-order valence-corrected chi connectivity index (χ3v) is 6.91. The quantitative estimate of drug-likeness (QED) is 0.573. The van der Waals surface area contributed by atoms with Crippen LogP contribution in [-0.4, -0.2) is 75.4 Å². The molecule has 0 radical (unpaired) electrons. The molecule has 0 saturated carbocycles. The highest BCUT2D eigenvalue weighted by atomic mass is 32.2. The van der Waals surface area contributed by atoms with Crippen molar-refractivity contribution in [3.63, 3.8) is 0 Å². The molecule has 1 aliphatic rings. The van der Waals surface area contributed by atoms with Crippen LogP contribution in [0.25, 0.3) is 0 Å². The predicted molar refractivity (Wildman–Crippen MR) is 115 cm³/mol. The lowest BCUT2D eigenvalue weighted by atomic mass is 10.1. The topological polar surface area (TPSA) is 110 Å². The molecule has 2 aromatic rings. The van der Waals surface area contributed by atoms with Gasteiger partial charge in [-0.2, -0.15) is 4.31 Å². The number of rotatable bonds is 7. The molecular weight excluding hydrogens is 436 g/mol. The Morgan fingerprint density at radius 1 is 0.844 bits per heavy atom. The summed E-state index contributed by atoms with van der Waals surface area (Å²) in [4.78, 5) is 38.0. The SMILES string of the molecule is COC(=O)c1ccccc1C(=O)OCC(=O)N1CCN(S(=O)(=O)Cc2ccccc2)CC1. The smallest absolute Gasteiger partial charge is 0.339 e. The van der Waals surface area contributed by atoms with Gasteiger partial charge in [0.1, 0.15) is 0 Å². The number of hydrogen-bond donors (Lipinski definition) is 0. The lowest BCUT2D eigenvalue weighted by Crippen LogP contribution is -2.51. The molecule has 10 heteroatoms. The first-order valence-corrected chi connectivity index (χ1v) is 11.6. The van der Waals surface area contributed by atoms with E-state index in [4.69, 9.17) is 4.74 Å². The lowest BCUT2D eigenvalue weighted by molar-refractivity contribution is -0.135. The molecule has 1 saturated heterocycles. The molecule has 170 valence electrons. The Labute approximate surface area is 186 Å². The van der Waals surface area contributed by atoms with Crippen molar-refractivity contribution in [2.45, 2.75) is 5.75 Å². The molecule has 9 nitrogen and oxygen atoms in total. The van der Waals surface area contributed by atoms with Gasteiger partial charge in [-0.1, -0.05) is 42.5 Å². The number of esters is 2. The summed E-state index contributed by atoms with van der Waals surface area (Å²) < 4.78 is 36.4. The minimum Gasteiger partial charge on any atom is -0.465 e. The van der Waals surface area contributed by atoms with E-state index in [1.165, 1.54) is 28.4 Å². The van der Waals surface area contributed by atoms with Gasteiger partial charge in [0.15, 0.2) is 6.61 Å². The van der Waals surface area contributed by atoms with Gasteiger partial charge in [-0.25, -0.2) is 18.0 Å². The molecule has 1 aliphatic heterocycles. The fraction of sp³-hybridized carbons (Fsp3) is 0.318. The molecule has 1 amide bonds. The fourth-order valence-corrected chi connectivity index (χ4v) is 4.85. The average molecular weight is 461 g/mol. The summed E-state index contributed by atoms with van der Waals surface area (Å²) in [5.41, 5.74) is 0.749. The lowest BCUT2D eigenvalue weighted by Gasteiger charge is -2.33. The molecule has 0 aromatic heterocycles. The Kier molecular flexibility index (Phi) is 7.60. The number of carbonyl (C=O) groups excluding carboxylic acids is 3. The van der Waals surface area contributed by atoms with Crippen LogP contribution >= 0.6 is 0 Å². The normalized spacial score (nSPS) is 14.6. The third-order valence-electron chi connectivity index (χ3n) is 5.06. The van der Waals surface area contributed by atoms with Crippen molar-refractivity contribution >= 4 is 27.9 Å². The summed E-state index contributed by atoms with van der Waals surface area (Å²) in [6, 6.07) is 14.9. The molecule has 3 rings (SSSR count).